The fraction of sp³-hybridized carbons (Fsp3) is 1.00. The highest BCUT2D eigenvalue weighted by Gasteiger charge is 2.34. The van der Waals surface area contributed by atoms with Crippen LogP contribution in [0, 0.1) is 5.92 Å². The zero-order valence-electron chi connectivity index (χ0n) is 11.8. The Labute approximate surface area is 113 Å². The summed E-state index contributed by atoms with van der Waals surface area (Å²) < 4.78 is 42.9. The molecule has 0 amide bonds. The normalized spacial score (nSPS) is 24.3. The SMILES string of the molecule is CCCNC1COCC1CN(CCC)CC(F)(F)F. The molecule has 2 unspecified atom stereocenters. The van der Waals surface area contributed by atoms with Gasteiger partial charge in [-0.05, 0) is 25.9 Å². The third-order valence-electron chi connectivity index (χ3n) is 3.29. The smallest absolute Gasteiger partial charge is 0.379 e. The first-order chi connectivity index (χ1) is 8.96. The number of nitrogens with zero attached hydrogens (tertiary/aromatic N) is 1. The van der Waals surface area contributed by atoms with E-state index in [0.717, 1.165) is 19.4 Å². The van der Waals surface area contributed by atoms with Crippen molar-refractivity contribution in [1.29, 1.82) is 0 Å². The Bertz CT molecular complexity index is 249. The van der Waals surface area contributed by atoms with Gasteiger partial charge in [0.2, 0.25) is 0 Å². The van der Waals surface area contributed by atoms with Gasteiger partial charge in [0, 0.05) is 18.5 Å². The lowest BCUT2D eigenvalue weighted by molar-refractivity contribution is -0.147. The minimum atomic E-state index is -4.12. The highest BCUT2D eigenvalue weighted by atomic mass is 19.4. The van der Waals surface area contributed by atoms with Crippen LogP contribution in [-0.2, 0) is 4.74 Å². The maximum Gasteiger partial charge on any atom is 0.401 e. The van der Waals surface area contributed by atoms with E-state index in [1.54, 1.807) is 0 Å². The van der Waals surface area contributed by atoms with E-state index in [9.17, 15) is 13.2 Å². The summed E-state index contributed by atoms with van der Waals surface area (Å²) in [5, 5.41) is 3.36. The highest BCUT2D eigenvalue weighted by molar-refractivity contribution is 4.84. The summed E-state index contributed by atoms with van der Waals surface area (Å²) >= 11 is 0. The zero-order chi connectivity index (χ0) is 14.3. The van der Waals surface area contributed by atoms with Crippen LogP contribution in [-0.4, -0.2) is 56.5 Å². The molecule has 0 aromatic heterocycles. The average Bonchev–Trinajstić information content (AvgIpc) is 2.72. The van der Waals surface area contributed by atoms with Gasteiger partial charge in [-0.2, -0.15) is 13.2 Å². The van der Waals surface area contributed by atoms with Crippen LogP contribution >= 0.6 is 0 Å². The van der Waals surface area contributed by atoms with Crippen LogP contribution in [0.15, 0.2) is 0 Å². The Morgan fingerprint density at radius 2 is 1.95 bits per heavy atom. The molecule has 3 nitrogen and oxygen atoms in total. The fourth-order valence-electron chi connectivity index (χ4n) is 2.47. The molecule has 19 heavy (non-hydrogen) atoms. The second kappa shape index (κ2) is 8.07. The Balaban J connectivity index is 2.47. The average molecular weight is 282 g/mol. The topological polar surface area (TPSA) is 24.5 Å². The van der Waals surface area contributed by atoms with Gasteiger partial charge in [-0.15, -0.1) is 0 Å². The van der Waals surface area contributed by atoms with Gasteiger partial charge in [0.15, 0.2) is 0 Å². The summed E-state index contributed by atoms with van der Waals surface area (Å²) in [6.07, 6.45) is -2.37. The van der Waals surface area contributed by atoms with Crippen LogP contribution in [0.2, 0.25) is 0 Å². The molecule has 0 radical (unpaired) electrons. The number of halogens is 3. The van der Waals surface area contributed by atoms with Gasteiger partial charge in [0.1, 0.15) is 0 Å². The minimum absolute atomic E-state index is 0.153. The lowest BCUT2D eigenvalue weighted by Crippen LogP contribution is -2.44. The van der Waals surface area contributed by atoms with Crippen LogP contribution in [0.1, 0.15) is 26.7 Å². The Hall–Kier alpha value is -0.330. The summed E-state index contributed by atoms with van der Waals surface area (Å²) in [4.78, 5) is 1.50. The van der Waals surface area contributed by atoms with Crippen molar-refractivity contribution in [3.05, 3.63) is 0 Å². The summed E-state index contributed by atoms with van der Waals surface area (Å²) in [5.41, 5.74) is 0. The molecule has 1 aliphatic rings. The largest absolute Gasteiger partial charge is 0.401 e. The van der Waals surface area contributed by atoms with Crippen molar-refractivity contribution in [3.8, 4) is 0 Å². The molecule has 1 heterocycles. The first-order valence-electron chi connectivity index (χ1n) is 7.06. The van der Waals surface area contributed by atoms with E-state index in [1.807, 2.05) is 6.92 Å². The molecule has 0 aromatic rings. The third kappa shape index (κ3) is 6.58. The van der Waals surface area contributed by atoms with Crippen molar-refractivity contribution < 1.29 is 17.9 Å². The van der Waals surface area contributed by atoms with Gasteiger partial charge in [-0.1, -0.05) is 13.8 Å². The molecule has 2 atom stereocenters. The number of nitrogens with one attached hydrogen (secondary N) is 1. The Morgan fingerprint density at radius 1 is 1.21 bits per heavy atom. The molecule has 0 aromatic carbocycles. The van der Waals surface area contributed by atoms with Crippen molar-refractivity contribution >= 4 is 0 Å². The summed E-state index contributed by atoms with van der Waals surface area (Å²) in [7, 11) is 0. The molecule has 1 saturated heterocycles. The van der Waals surface area contributed by atoms with Gasteiger partial charge in [0.05, 0.1) is 19.8 Å². The predicted octanol–water partition coefficient (Wildman–Crippen LogP) is 2.28. The second-order valence-electron chi connectivity index (χ2n) is 5.21. The third-order valence-corrected chi connectivity index (χ3v) is 3.29. The molecule has 1 fully saturated rings. The van der Waals surface area contributed by atoms with Gasteiger partial charge in [-0.25, -0.2) is 0 Å². The maximum absolute atomic E-state index is 12.5. The van der Waals surface area contributed by atoms with Crippen LogP contribution in [0.3, 0.4) is 0 Å². The Kier molecular flexibility index (Phi) is 7.10. The monoisotopic (exact) mass is 282 g/mol. The van der Waals surface area contributed by atoms with Gasteiger partial charge < -0.3 is 10.1 Å². The molecule has 0 saturated carbocycles. The van der Waals surface area contributed by atoms with E-state index in [0.29, 0.717) is 26.3 Å². The van der Waals surface area contributed by atoms with Gasteiger partial charge in [-0.3, -0.25) is 4.90 Å². The van der Waals surface area contributed by atoms with Crippen LogP contribution in [0.4, 0.5) is 13.2 Å². The molecular weight excluding hydrogens is 257 g/mol. The van der Waals surface area contributed by atoms with Crippen LogP contribution in [0.5, 0.6) is 0 Å². The second-order valence-corrected chi connectivity index (χ2v) is 5.21. The van der Waals surface area contributed by atoms with E-state index in [1.165, 1.54) is 4.90 Å². The molecule has 114 valence electrons. The molecule has 0 aliphatic carbocycles. The fourth-order valence-corrected chi connectivity index (χ4v) is 2.47. The van der Waals surface area contributed by atoms with Crippen LogP contribution < -0.4 is 5.32 Å². The predicted molar refractivity (Wildman–Crippen MR) is 69.2 cm³/mol. The molecule has 6 heteroatoms. The minimum Gasteiger partial charge on any atom is -0.379 e. The molecule has 1 aliphatic heterocycles. The zero-order valence-corrected chi connectivity index (χ0v) is 11.8. The van der Waals surface area contributed by atoms with Gasteiger partial charge >= 0.3 is 6.18 Å². The van der Waals surface area contributed by atoms with Gasteiger partial charge in [0.25, 0.3) is 0 Å². The summed E-state index contributed by atoms with van der Waals surface area (Å²) in [5.74, 6) is 0.153. The van der Waals surface area contributed by atoms with E-state index < -0.39 is 12.7 Å². The number of hydrogen-bond acceptors (Lipinski definition) is 3. The molecule has 1 N–H and O–H groups in total. The first-order valence-corrected chi connectivity index (χ1v) is 7.06. The van der Waals surface area contributed by atoms with Crippen LogP contribution in [0.25, 0.3) is 0 Å². The van der Waals surface area contributed by atoms with Crippen molar-refractivity contribution in [1.82, 2.24) is 10.2 Å². The van der Waals surface area contributed by atoms with Crippen molar-refractivity contribution in [2.24, 2.45) is 5.92 Å². The molecule has 1 rings (SSSR count). The maximum atomic E-state index is 12.5. The molecular formula is C13H25F3N2O. The Morgan fingerprint density at radius 3 is 2.53 bits per heavy atom. The number of rotatable bonds is 8. The van der Waals surface area contributed by atoms with E-state index in [-0.39, 0.29) is 12.0 Å². The standard InChI is InChI=1S/C13H25F3N2O/c1-3-5-17-12-9-19-8-11(12)7-18(6-4-2)10-13(14,15)16/h11-12,17H,3-10H2,1-2H3. The molecule has 0 spiro atoms. The quantitative estimate of drug-likeness (QED) is 0.739. The van der Waals surface area contributed by atoms with Crippen molar-refractivity contribution in [2.45, 2.75) is 38.9 Å². The number of ether oxygens (including phenoxy) is 1. The lowest BCUT2D eigenvalue weighted by Gasteiger charge is -2.28. The summed E-state index contributed by atoms with van der Waals surface area (Å²) in [6, 6.07) is 0.188. The van der Waals surface area contributed by atoms with E-state index in [2.05, 4.69) is 12.2 Å². The first kappa shape index (κ1) is 16.7. The van der Waals surface area contributed by atoms with Crippen molar-refractivity contribution in [2.75, 3.05) is 39.4 Å². The summed E-state index contributed by atoms with van der Waals surface area (Å²) in [6.45, 7) is 6.14. The number of hydrogen-bond donors (Lipinski definition) is 1. The molecule has 0 bridgehead atoms. The highest BCUT2D eigenvalue weighted by Crippen LogP contribution is 2.20. The van der Waals surface area contributed by atoms with E-state index in [4.69, 9.17) is 4.74 Å². The van der Waals surface area contributed by atoms with E-state index >= 15 is 0 Å². The lowest BCUT2D eigenvalue weighted by atomic mass is 10.0. The number of alkyl halides is 3. The van der Waals surface area contributed by atoms with Crippen molar-refractivity contribution in [3.63, 3.8) is 0 Å².